The standard InChI is InChI=1S/C72H72N2/c1-47-34-38-62(53-26-16-10-17-27-53)49(3)70(47)73(60-32-20-30-55(44-60)51-22-12-8-13-23-51)66-46-67(65-41-37-58-43-59(72(5,6)7)42-57-36-40-64(66)69(65)68(57)58)74(61-33-21-31-56(45-61)52-24-14-9-15-25-52)71-48(2)35-39-63(50(71)4)54-28-18-11-19-29-54/h10-11,16-21,26-46,51-52H,8-9,12-15,22-25H2,1-7H3. The van der Waals surface area contributed by atoms with Gasteiger partial charge in [0, 0.05) is 27.5 Å². The summed E-state index contributed by atoms with van der Waals surface area (Å²) in [6.45, 7) is 16.4. The van der Waals surface area contributed by atoms with E-state index in [0.717, 1.165) is 0 Å². The predicted octanol–water partition coefficient (Wildman–Crippen LogP) is 21.5. The van der Waals surface area contributed by atoms with Crippen molar-refractivity contribution < 1.29 is 0 Å². The van der Waals surface area contributed by atoms with Gasteiger partial charge < -0.3 is 9.80 Å². The fourth-order valence-corrected chi connectivity index (χ4v) is 13.4. The highest BCUT2D eigenvalue weighted by Crippen LogP contribution is 2.54. The van der Waals surface area contributed by atoms with Gasteiger partial charge in [0.2, 0.25) is 0 Å². The third kappa shape index (κ3) is 8.64. The van der Waals surface area contributed by atoms with Crippen molar-refractivity contribution >= 4 is 66.4 Å². The van der Waals surface area contributed by atoms with Crippen molar-refractivity contribution in [1.82, 2.24) is 0 Å². The van der Waals surface area contributed by atoms with E-state index < -0.39 is 0 Å². The molecule has 74 heavy (non-hydrogen) atoms. The van der Waals surface area contributed by atoms with Gasteiger partial charge in [0.1, 0.15) is 0 Å². The van der Waals surface area contributed by atoms with E-state index in [4.69, 9.17) is 0 Å². The zero-order valence-corrected chi connectivity index (χ0v) is 44.9. The van der Waals surface area contributed by atoms with Crippen LogP contribution in [0.5, 0.6) is 0 Å². The molecule has 0 saturated heterocycles. The van der Waals surface area contributed by atoms with E-state index in [1.54, 1.807) is 0 Å². The summed E-state index contributed by atoms with van der Waals surface area (Å²) in [7, 11) is 0. The van der Waals surface area contributed by atoms with Crippen molar-refractivity contribution in [2.75, 3.05) is 9.80 Å². The Balaban J connectivity index is 1.22. The molecule has 0 atom stereocenters. The van der Waals surface area contributed by atoms with Crippen molar-refractivity contribution in [2.24, 2.45) is 0 Å². The average molecular weight is 965 g/mol. The first-order valence-corrected chi connectivity index (χ1v) is 27.9. The van der Waals surface area contributed by atoms with Crippen LogP contribution in [0.15, 0.2) is 176 Å². The molecular weight excluding hydrogens is 893 g/mol. The highest BCUT2D eigenvalue weighted by atomic mass is 15.2. The maximum absolute atomic E-state index is 2.68. The summed E-state index contributed by atoms with van der Waals surface area (Å²) >= 11 is 0. The molecule has 2 heteroatoms. The number of rotatable bonds is 10. The second kappa shape index (κ2) is 19.6. The fraction of sp³-hybridized carbons (Fsp3) is 0.278. The molecule has 0 N–H and O–H groups in total. The largest absolute Gasteiger partial charge is 0.309 e. The fourth-order valence-electron chi connectivity index (χ4n) is 13.4. The van der Waals surface area contributed by atoms with Crippen LogP contribution in [0.3, 0.4) is 0 Å². The first-order valence-electron chi connectivity index (χ1n) is 27.9. The molecule has 10 aromatic rings. The van der Waals surface area contributed by atoms with E-state index in [1.165, 1.54) is 192 Å². The molecule has 0 spiro atoms. The Morgan fingerprint density at radius 3 is 1.24 bits per heavy atom. The van der Waals surface area contributed by atoms with Crippen LogP contribution < -0.4 is 9.80 Å². The number of nitrogens with zero attached hydrogens (tertiary/aromatic N) is 2. The lowest BCUT2D eigenvalue weighted by molar-refractivity contribution is 0.443. The van der Waals surface area contributed by atoms with Gasteiger partial charge in [-0.1, -0.05) is 205 Å². The molecule has 0 amide bonds. The second-order valence-corrected chi connectivity index (χ2v) is 23.1. The van der Waals surface area contributed by atoms with Crippen LogP contribution in [0, 0.1) is 27.7 Å². The molecule has 0 unspecified atom stereocenters. The molecule has 2 aliphatic rings. The van der Waals surface area contributed by atoms with Crippen molar-refractivity contribution in [3.8, 4) is 22.3 Å². The van der Waals surface area contributed by atoms with Gasteiger partial charge in [-0.05, 0) is 178 Å². The highest BCUT2D eigenvalue weighted by molar-refractivity contribution is 6.29. The third-order valence-corrected chi connectivity index (χ3v) is 17.3. The van der Waals surface area contributed by atoms with Crippen LogP contribution in [-0.4, -0.2) is 0 Å². The van der Waals surface area contributed by atoms with Gasteiger partial charge in [0.05, 0.1) is 22.7 Å². The summed E-state index contributed by atoms with van der Waals surface area (Å²) in [6, 6.07) is 68.1. The van der Waals surface area contributed by atoms with Crippen LogP contribution in [-0.2, 0) is 5.41 Å². The van der Waals surface area contributed by atoms with E-state index >= 15 is 0 Å². The lowest BCUT2D eigenvalue weighted by Crippen LogP contribution is -2.18. The summed E-state index contributed by atoms with van der Waals surface area (Å²) < 4.78 is 0. The summed E-state index contributed by atoms with van der Waals surface area (Å²) in [6.07, 6.45) is 12.9. The summed E-state index contributed by atoms with van der Waals surface area (Å²) in [4.78, 5) is 5.35. The third-order valence-electron chi connectivity index (χ3n) is 17.3. The van der Waals surface area contributed by atoms with E-state index in [9.17, 15) is 0 Å². The normalized spacial score (nSPS) is 14.9. The minimum Gasteiger partial charge on any atom is -0.309 e. The summed E-state index contributed by atoms with van der Waals surface area (Å²) in [5, 5.41) is 7.77. The summed E-state index contributed by atoms with van der Waals surface area (Å²) in [5.41, 5.74) is 21.6. The monoisotopic (exact) mass is 965 g/mol. The first kappa shape index (κ1) is 47.8. The van der Waals surface area contributed by atoms with Gasteiger partial charge in [-0.15, -0.1) is 0 Å². The number of benzene rings is 10. The number of aryl methyl sites for hydroxylation is 2. The van der Waals surface area contributed by atoms with Crippen molar-refractivity contribution in [2.45, 2.75) is 130 Å². The molecule has 0 bridgehead atoms. The van der Waals surface area contributed by atoms with Crippen LogP contribution in [0.1, 0.15) is 136 Å². The van der Waals surface area contributed by atoms with Gasteiger partial charge in [-0.2, -0.15) is 0 Å². The first-order chi connectivity index (χ1) is 36.0. The molecule has 0 aliphatic heterocycles. The predicted molar refractivity (Wildman–Crippen MR) is 320 cm³/mol. The van der Waals surface area contributed by atoms with Crippen molar-refractivity contribution in [3.05, 3.63) is 215 Å². The minimum absolute atomic E-state index is 0.00127. The quantitative estimate of drug-likeness (QED) is 0.126. The molecule has 370 valence electrons. The molecule has 2 nitrogen and oxygen atoms in total. The smallest absolute Gasteiger partial charge is 0.0561 e. The van der Waals surface area contributed by atoms with Crippen LogP contribution in [0.4, 0.5) is 34.1 Å². The van der Waals surface area contributed by atoms with Gasteiger partial charge in [-0.3, -0.25) is 0 Å². The number of anilines is 6. The second-order valence-electron chi connectivity index (χ2n) is 23.1. The van der Waals surface area contributed by atoms with E-state index in [0.29, 0.717) is 11.8 Å². The van der Waals surface area contributed by atoms with E-state index in [-0.39, 0.29) is 5.41 Å². The number of hydrogen-bond acceptors (Lipinski definition) is 2. The zero-order valence-electron chi connectivity index (χ0n) is 44.9. The Morgan fingerprint density at radius 1 is 0.392 bits per heavy atom. The molecular formula is C72H72N2. The molecule has 0 radical (unpaired) electrons. The van der Waals surface area contributed by atoms with Gasteiger partial charge in [0.15, 0.2) is 0 Å². The SMILES string of the molecule is Cc1ccc(-c2ccccc2)c(C)c1N(c1cccc(C2CCCCC2)c1)c1cc(N(c2cccc(C3CCCCC3)c2)c2c(C)ccc(-c3ccccc3)c2C)c2ccc3cc(C(C)(C)C)cc4ccc1c2c43. The molecule has 10 aromatic carbocycles. The summed E-state index contributed by atoms with van der Waals surface area (Å²) in [5.74, 6) is 1.12. The number of hydrogen-bond donors (Lipinski definition) is 0. The molecule has 0 aromatic heterocycles. The molecule has 2 aliphatic carbocycles. The average Bonchev–Trinajstić information content (AvgIpc) is 3.43. The molecule has 2 fully saturated rings. The van der Waals surface area contributed by atoms with E-state index in [1.807, 2.05) is 0 Å². The Kier molecular flexibility index (Phi) is 12.7. The Labute approximate surface area is 441 Å². The van der Waals surface area contributed by atoms with Crippen LogP contribution in [0.2, 0.25) is 0 Å². The van der Waals surface area contributed by atoms with E-state index in [2.05, 4.69) is 234 Å². The van der Waals surface area contributed by atoms with Gasteiger partial charge in [-0.25, -0.2) is 0 Å². The Bertz CT molecular complexity index is 3430. The van der Waals surface area contributed by atoms with Crippen molar-refractivity contribution in [3.63, 3.8) is 0 Å². The maximum Gasteiger partial charge on any atom is 0.0561 e. The highest BCUT2D eigenvalue weighted by Gasteiger charge is 2.30. The van der Waals surface area contributed by atoms with Gasteiger partial charge >= 0.3 is 0 Å². The van der Waals surface area contributed by atoms with Crippen LogP contribution >= 0.6 is 0 Å². The minimum atomic E-state index is -0.00127. The zero-order chi connectivity index (χ0) is 50.7. The van der Waals surface area contributed by atoms with Crippen molar-refractivity contribution in [1.29, 1.82) is 0 Å². The molecule has 12 rings (SSSR count). The topological polar surface area (TPSA) is 6.48 Å². The lowest BCUT2D eigenvalue weighted by Gasteiger charge is -2.36. The Morgan fingerprint density at radius 2 is 0.824 bits per heavy atom. The lowest BCUT2D eigenvalue weighted by atomic mass is 9.82. The van der Waals surface area contributed by atoms with Crippen LogP contribution in [0.25, 0.3) is 54.6 Å². The molecule has 2 saturated carbocycles. The Hall–Kier alpha value is -7.16. The molecule has 0 heterocycles. The van der Waals surface area contributed by atoms with Gasteiger partial charge in [0.25, 0.3) is 0 Å². The maximum atomic E-state index is 2.68.